The van der Waals surface area contributed by atoms with Gasteiger partial charge in [0.05, 0.1) is 11.6 Å². The van der Waals surface area contributed by atoms with Gasteiger partial charge in [-0.15, -0.1) is 0 Å². The Bertz CT molecular complexity index is 403. The number of hydrogen-bond donors (Lipinski definition) is 1. The summed E-state index contributed by atoms with van der Waals surface area (Å²) in [6, 6.07) is 8.67. The lowest BCUT2D eigenvalue weighted by Gasteiger charge is -2.24. The Morgan fingerprint density at radius 1 is 1.50 bits per heavy atom. The van der Waals surface area contributed by atoms with Crippen molar-refractivity contribution >= 4 is 17.4 Å². The van der Waals surface area contributed by atoms with Gasteiger partial charge in [0.25, 0.3) is 0 Å². The van der Waals surface area contributed by atoms with Crippen LogP contribution in [0.2, 0.25) is 0 Å². The summed E-state index contributed by atoms with van der Waals surface area (Å²) in [6.07, 6.45) is 2.53. The monoisotopic (exact) mass is 232 g/mol. The molecule has 3 heteroatoms. The van der Waals surface area contributed by atoms with Gasteiger partial charge in [-0.2, -0.15) is 17.0 Å². The highest BCUT2D eigenvalue weighted by atomic mass is 32.2. The van der Waals surface area contributed by atoms with Crippen molar-refractivity contribution in [2.24, 2.45) is 0 Å². The number of thioether (sulfide) groups is 1. The summed E-state index contributed by atoms with van der Waals surface area (Å²) in [5.74, 6) is 2.46. The molecular weight excluding hydrogens is 216 g/mol. The second-order valence-electron chi connectivity index (χ2n) is 4.15. The van der Waals surface area contributed by atoms with Crippen molar-refractivity contribution in [3.05, 3.63) is 29.3 Å². The lowest BCUT2D eigenvalue weighted by atomic mass is 10.1. The van der Waals surface area contributed by atoms with E-state index in [1.54, 1.807) is 0 Å². The number of nitrogens with zero attached hydrogens (tertiary/aromatic N) is 1. The lowest BCUT2D eigenvalue weighted by molar-refractivity contribution is 0.684. The summed E-state index contributed by atoms with van der Waals surface area (Å²) in [6.45, 7) is 2.01. The Morgan fingerprint density at radius 3 is 3.06 bits per heavy atom. The van der Waals surface area contributed by atoms with E-state index in [9.17, 15) is 0 Å². The first-order valence-electron chi connectivity index (χ1n) is 5.65. The molecule has 0 spiro atoms. The third kappa shape index (κ3) is 2.51. The van der Waals surface area contributed by atoms with Crippen molar-refractivity contribution in [1.29, 1.82) is 5.26 Å². The molecule has 84 valence electrons. The molecule has 1 aromatic carbocycles. The molecule has 0 saturated carbocycles. The third-order valence-corrected chi connectivity index (χ3v) is 4.19. The molecule has 0 aromatic heterocycles. The van der Waals surface area contributed by atoms with Crippen LogP contribution in [0, 0.1) is 18.3 Å². The molecule has 0 bridgehead atoms. The first-order chi connectivity index (χ1) is 7.81. The molecule has 1 aliphatic rings. The molecule has 2 rings (SSSR count). The fourth-order valence-electron chi connectivity index (χ4n) is 1.99. The van der Waals surface area contributed by atoms with Crippen LogP contribution in [-0.2, 0) is 0 Å². The van der Waals surface area contributed by atoms with E-state index in [1.165, 1.54) is 24.3 Å². The number of nitriles is 1. The maximum absolute atomic E-state index is 8.97. The highest BCUT2D eigenvalue weighted by Crippen LogP contribution is 2.24. The van der Waals surface area contributed by atoms with Gasteiger partial charge < -0.3 is 5.32 Å². The summed E-state index contributed by atoms with van der Waals surface area (Å²) >= 11 is 2.01. The van der Waals surface area contributed by atoms with Crippen molar-refractivity contribution in [2.75, 3.05) is 16.8 Å². The van der Waals surface area contributed by atoms with E-state index < -0.39 is 0 Å². The van der Waals surface area contributed by atoms with Crippen molar-refractivity contribution < 1.29 is 0 Å². The molecule has 1 heterocycles. The Morgan fingerprint density at radius 2 is 2.38 bits per heavy atom. The smallest absolute Gasteiger partial charge is 0.0995 e. The average molecular weight is 232 g/mol. The topological polar surface area (TPSA) is 35.8 Å². The summed E-state index contributed by atoms with van der Waals surface area (Å²) in [5.41, 5.74) is 2.96. The largest absolute Gasteiger partial charge is 0.381 e. The fraction of sp³-hybridized carbons (Fsp3) is 0.462. The molecule has 16 heavy (non-hydrogen) atoms. The van der Waals surface area contributed by atoms with Crippen molar-refractivity contribution in [3.63, 3.8) is 0 Å². The minimum Gasteiger partial charge on any atom is -0.381 e. The van der Waals surface area contributed by atoms with E-state index in [0.717, 1.165) is 16.8 Å². The van der Waals surface area contributed by atoms with Gasteiger partial charge in [0.2, 0.25) is 0 Å². The molecule has 1 N–H and O–H groups in total. The maximum atomic E-state index is 8.97. The fourth-order valence-corrected chi connectivity index (χ4v) is 3.06. The third-order valence-electron chi connectivity index (χ3n) is 2.97. The second kappa shape index (κ2) is 5.27. The number of rotatable bonds is 2. The van der Waals surface area contributed by atoms with Gasteiger partial charge in [0.15, 0.2) is 0 Å². The van der Waals surface area contributed by atoms with Crippen molar-refractivity contribution in [1.82, 2.24) is 0 Å². The molecule has 1 fully saturated rings. The first-order valence-corrected chi connectivity index (χ1v) is 6.80. The highest BCUT2D eigenvalue weighted by Gasteiger charge is 2.14. The minimum atomic E-state index is 0.561. The summed E-state index contributed by atoms with van der Waals surface area (Å²) in [5, 5.41) is 12.5. The maximum Gasteiger partial charge on any atom is 0.0995 e. The van der Waals surface area contributed by atoms with Crippen LogP contribution in [0.1, 0.15) is 24.0 Å². The summed E-state index contributed by atoms with van der Waals surface area (Å²) < 4.78 is 0. The minimum absolute atomic E-state index is 0.561. The van der Waals surface area contributed by atoms with Gasteiger partial charge in [-0.3, -0.25) is 0 Å². The molecule has 1 aliphatic heterocycles. The first kappa shape index (κ1) is 11.3. The average Bonchev–Trinajstić information content (AvgIpc) is 2.33. The lowest BCUT2D eigenvalue weighted by Crippen LogP contribution is -2.26. The van der Waals surface area contributed by atoms with Crippen molar-refractivity contribution in [2.45, 2.75) is 25.8 Å². The zero-order valence-corrected chi connectivity index (χ0v) is 10.3. The Hall–Kier alpha value is -1.14. The van der Waals surface area contributed by atoms with Crippen LogP contribution >= 0.6 is 11.8 Å². The van der Waals surface area contributed by atoms with Gasteiger partial charge in [-0.25, -0.2) is 0 Å². The Kier molecular flexibility index (Phi) is 3.74. The molecular formula is C13H16N2S. The van der Waals surface area contributed by atoms with Gasteiger partial charge >= 0.3 is 0 Å². The number of anilines is 1. The van der Waals surface area contributed by atoms with Crippen LogP contribution in [0.25, 0.3) is 0 Å². The van der Waals surface area contributed by atoms with E-state index in [-0.39, 0.29) is 0 Å². The van der Waals surface area contributed by atoms with Crippen molar-refractivity contribution in [3.8, 4) is 6.07 Å². The molecule has 0 amide bonds. The summed E-state index contributed by atoms with van der Waals surface area (Å²) in [7, 11) is 0. The van der Waals surface area contributed by atoms with Gasteiger partial charge in [-0.05, 0) is 43.2 Å². The molecule has 1 aromatic rings. The zero-order chi connectivity index (χ0) is 11.4. The Balaban J connectivity index is 2.12. The molecule has 0 aliphatic carbocycles. The van der Waals surface area contributed by atoms with Crippen LogP contribution < -0.4 is 5.32 Å². The molecule has 1 saturated heterocycles. The van der Waals surface area contributed by atoms with Gasteiger partial charge in [0.1, 0.15) is 0 Å². The summed E-state index contributed by atoms with van der Waals surface area (Å²) in [4.78, 5) is 0. The van der Waals surface area contributed by atoms with Crippen LogP contribution in [0.3, 0.4) is 0 Å². The van der Waals surface area contributed by atoms with Crippen LogP contribution in [-0.4, -0.2) is 17.5 Å². The van der Waals surface area contributed by atoms with E-state index in [0.29, 0.717) is 6.04 Å². The Labute approximate surface area is 101 Å². The van der Waals surface area contributed by atoms with Crippen LogP contribution in [0.15, 0.2) is 18.2 Å². The molecule has 1 unspecified atom stereocenters. The molecule has 2 nitrogen and oxygen atoms in total. The number of hydrogen-bond acceptors (Lipinski definition) is 3. The van der Waals surface area contributed by atoms with Crippen LogP contribution in [0.5, 0.6) is 0 Å². The second-order valence-corrected chi connectivity index (χ2v) is 5.30. The molecule has 0 radical (unpaired) electrons. The number of benzene rings is 1. The van der Waals surface area contributed by atoms with Gasteiger partial charge in [-0.1, -0.05) is 6.07 Å². The van der Waals surface area contributed by atoms with E-state index in [2.05, 4.69) is 17.5 Å². The zero-order valence-electron chi connectivity index (χ0n) is 9.49. The van der Waals surface area contributed by atoms with Crippen LogP contribution in [0.4, 0.5) is 5.69 Å². The normalized spacial score (nSPS) is 20.1. The van der Waals surface area contributed by atoms with Gasteiger partial charge in [0, 0.05) is 17.5 Å². The standard InChI is InChI=1S/C13H16N2S/c1-10-11(8-14)4-2-6-13(10)15-12-5-3-7-16-9-12/h2,4,6,12,15H,3,5,7,9H2,1H3. The van der Waals surface area contributed by atoms with E-state index in [1.807, 2.05) is 30.8 Å². The predicted octanol–water partition coefficient (Wildman–Crippen LogP) is 3.17. The SMILES string of the molecule is Cc1c(C#N)cccc1NC1CCCSC1. The predicted molar refractivity (Wildman–Crippen MR) is 69.9 cm³/mol. The highest BCUT2D eigenvalue weighted by molar-refractivity contribution is 7.99. The van der Waals surface area contributed by atoms with E-state index in [4.69, 9.17) is 5.26 Å². The van der Waals surface area contributed by atoms with E-state index >= 15 is 0 Å². The number of nitrogens with one attached hydrogen (secondary N) is 1. The quantitative estimate of drug-likeness (QED) is 0.850. The molecule has 1 atom stereocenters.